The van der Waals surface area contributed by atoms with Crippen LogP contribution in [0.2, 0.25) is 0 Å². The first-order valence-electron chi connectivity index (χ1n) is 14.3. The van der Waals surface area contributed by atoms with Gasteiger partial charge in [-0.05, 0) is 121 Å². The second kappa shape index (κ2) is 9.25. The molecule has 2 nitrogen and oxygen atoms in total. The van der Waals surface area contributed by atoms with E-state index in [9.17, 15) is 0 Å². The zero-order valence-corrected chi connectivity index (χ0v) is 22.8. The van der Waals surface area contributed by atoms with Gasteiger partial charge >= 0.3 is 0 Å². The SMILES string of the molecule is Nc1ccc(Cc2ccc(N)cc2-c2cccc3c2Cc2ccccc2-3)c(-c2cccc3c2Cc2ccccc2-3)c1. The molecule has 0 fully saturated rings. The average molecular weight is 527 g/mol. The number of hydrogen-bond acceptors (Lipinski definition) is 2. The second-order valence-electron chi connectivity index (χ2n) is 11.3. The van der Waals surface area contributed by atoms with Crippen molar-refractivity contribution in [2.75, 3.05) is 11.5 Å². The molecule has 0 bridgehead atoms. The summed E-state index contributed by atoms with van der Waals surface area (Å²) in [5.74, 6) is 0. The Morgan fingerprint density at radius 3 is 1.24 bits per heavy atom. The minimum atomic E-state index is 0.785. The van der Waals surface area contributed by atoms with Crippen LogP contribution in [0.3, 0.4) is 0 Å². The van der Waals surface area contributed by atoms with Crippen molar-refractivity contribution in [2.45, 2.75) is 19.3 Å². The fourth-order valence-corrected chi connectivity index (χ4v) is 7.02. The summed E-state index contributed by atoms with van der Waals surface area (Å²) in [7, 11) is 0. The maximum Gasteiger partial charge on any atom is 0.0320 e. The molecule has 4 N–H and O–H groups in total. The quantitative estimate of drug-likeness (QED) is 0.225. The van der Waals surface area contributed by atoms with E-state index in [1.165, 1.54) is 77.9 Å². The van der Waals surface area contributed by atoms with Gasteiger partial charge in [0.2, 0.25) is 0 Å². The lowest BCUT2D eigenvalue weighted by Gasteiger charge is -2.18. The molecule has 6 aromatic carbocycles. The molecule has 0 atom stereocenters. The molecule has 0 amide bonds. The molecule has 0 radical (unpaired) electrons. The van der Waals surface area contributed by atoms with Gasteiger partial charge in [-0.15, -0.1) is 0 Å². The van der Waals surface area contributed by atoms with Gasteiger partial charge in [-0.25, -0.2) is 0 Å². The van der Waals surface area contributed by atoms with E-state index in [0.717, 1.165) is 30.6 Å². The van der Waals surface area contributed by atoms with Gasteiger partial charge in [0.1, 0.15) is 0 Å². The number of nitrogen functional groups attached to an aromatic ring is 2. The molecule has 196 valence electrons. The largest absolute Gasteiger partial charge is 0.399 e. The minimum absolute atomic E-state index is 0.785. The predicted molar refractivity (Wildman–Crippen MR) is 172 cm³/mol. The topological polar surface area (TPSA) is 52.0 Å². The van der Waals surface area contributed by atoms with Crippen LogP contribution in [0.4, 0.5) is 11.4 Å². The van der Waals surface area contributed by atoms with Crippen molar-refractivity contribution in [3.63, 3.8) is 0 Å². The number of nitrogens with two attached hydrogens (primary N) is 2. The standard InChI is InChI=1S/C39H30N2/c40-28-17-15-26(36(22-28)34-13-5-11-32-30-9-3-1-7-24(30)20-38(32)34)19-27-16-18-29(41)23-37(27)35-14-6-12-33-31-10-4-2-8-25(31)21-39(33)35/h1-18,22-23H,19-21,40-41H2. The fourth-order valence-electron chi connectivity index (χ4n) is 7.02. The molecule has 2 aliphatic carbocycles. The van der Waals surface area contributed by atoms with Crippen molar-refractivity contribution in [3.8, 4) is 44.5 Å². The highest BCUT2D eigenvalue weighted by Crippen LogP contribution is 2.45. The molecular formula is C39H30N2. The van der Waals surface area contributed by atoms with Crippen LogP contribution in [-0.4, -0.2) is 0 Å². The molecule has 0 saturated carbocycles. The molecule has 6 aromatic rings. The Hall–Kier alpha value is -5.08. The van der Waals surface area contributed by atoms with Crippen LogP contribution in [0.5, 0.6) is 0 Å². The van der Waals surface area contributed by atoms with Gasteiger partial charge in [-0.3, -0.25) is 0 Å². The molecule has 2 heteroatoms. The van der Waals surface area contributed by atoms with Crippen molar-refractivity contribution in [1.82, 2.24) is 0 Å². The normalized spacial score (nSPS) is 12.5. The Labute approximate surface area is 240 Å². The van der Waals surface area contributed by atoms with E-state index in [0.29, 0.717) is 0 Å². The number of rotatable bonds is 4. The lowest BCUT2D eigenvalue weighted by molar-refractivity contribution is 1.18. The van der Waals surface area contributed by atoms with Crippen LogP contribution in [0, 0.1) is 0 Å². The summed E-state index contributed by atoms with van der Waals surface area (Å²) in [5.41, 5.74) is 32.8. The Morgan fingerprint density at radius 2 is 0.780 bits per heavy atom. The third-order valence-corrected chi connectivity index (χ3v) is 8.93. The summed E-state index contributed by atoms with van der Waals surface area (Å²) in [4.78, 5) is 0. The summed E-state index contributed by atoms with van der Waals surface area (Å²) in [6, 6.07) is 43.7. The minimum Gasteiger partial charge on any atom is -0.399 e. The second-order valence-corrected chi connectivity index (χ2v) is 11.3. The van der Waals surface area contributed by atoms with E-state index in [-0.39, 0.29) is 0 Å². The zero-order valence-electron chi connectivity index (χ0n) is 22.8. The highest BCUT2D eigenvalue weighted by atomic mass is 14.5. The Bertz CT molecular complexity index is 1850. The van der Waals surface area contributed by atoms with Gasteiger partial charge in [-0.1, -0.05) is 97.1 Å². The third-order valence-electron chi connectivity index (χ3n) is 8.93. The van der Waals surface area contributed by atoms with Gasteiger partial charge in [0, 0.05) is 11.4 Å². The lowest BCUT2D eigenvalue weighted by Crippen LogP contribution is -2.00. The molecule has 2 aliphatic rings. The number of benzene rings is 6. The Morgan fingerprint density at radius 1 is 0.390 bits per heavy atom. The van der Waals surface area contributed by atoms with Crippen LogP contribution in [0.25, 0.3) is 44.5 Å². The number of anilines is 2. The summed E-state index contributed by atoms with van der Waals surface area (Å²) in [6.07, 6.45) is 2.68. The van der Waals surface area contributed by atoms with Crippen LogP contribution in [-0.2, 0) is 19.3 Å². The van der Waals surface area contributed by atoms with Crippen LogP contribution >= 0.6 is 0 Å². The van der Waals surface area contributed by atoms with E-state index in [1.54, 1.807) is 0 Å². The van der Waals surface area contributed by atoms with Crippen LogP contribution in [0.1, 0.15) is 33.4 Å². The predicted octanol–water partition coefficient (Wildman–Crippen LogP) is 8.92. The Balaban J connectivity index is 1.25. The lowest BCUT2D eigenvalue weighted by atomic mass is 9.86. The molecule has 0 aliphatic heterocycles. The first kappa shape index (κ1) is 23.8. The highest BCUT2D eigenvalue weighted by Gasteiger charge is 2.24. The first-order valence-corrected chi connectivity index (χ1v) is 14.3. The molecular weight excluding hydrogens is 496 g/mol. The van der Waals surface area contributed by atoms with Crippen LogP contribution in [0.15, 0.2) is 121 Å². The maximum atomic E-state index is 6.42. The van der Waals surface area contributed by atoms with Crippen LogP contribution < -0.4 is 11.5 Å². The van der Waals surface area contributed by atoms with Crippen molar-refractivity contribution in [2.24, 2.45) is 0 Å². The van der Waals surface area contributed by atoms with Crippen molar-refractivity contribution < 1.29 is 0 Å². The number of fused-ring (bicyclic) bond motifs is 6. The molecule has 0 unspecified atom stereocenters. The summed E-state index contributed by atoms with van der Waals surface area (Å²) < 4.78 is 0. The van der Waals surface area contributed by atoms with Gasteiger partial charge in [0.05, 0.1) is 0 Å². The zero-order chi connectivity index (χ0) is 27.5. The highest BCUT2D eigenvalue weighted by molar-refractivity contribution is 5.88. The van der Waals surface area contributed by atoms with Gasteiger partial charge < -0.3 is 11.5 Å². The van der Waals surface area contributed by atoms with E-state index in [2.05, 4.69) is 109 Å². The smallest absolute Gasteiger partial charge is 0.0320 e. The van der Waals surface area contributed by atoms with Crippen molar-refractivity contribution in [1.29, 1.82) is 0 Å². The van der Waals surface area contributed by atoms with Gasteiger partial charge in [-0.2, -0.15) is 0 Å². The van der Waals surface area contributed by atoms with Gasteiger partial charge in [0.25, 0.3) is 0 Å². The molecule has 0 spiro atoms. The first-order chi connectivity index (χ1) is 20.1. The maximum absolute atomic E-state index is 6.42. The van der Waals surface area contributed by atoms with E-state index in [4.69, 9.17) is 11.5 Å². The molecule has 0 aromatic heterocycles. The molecule has 0 heterocycles. The summed E-state index contributed by atoms with van der Waals surface area (Å²) in [6.45, 7) is 0. The molecule has 0 saturated heterocycles. The summed E-state index contributed by atoms with van der Waals surface area (Å²) >= 11 is 0. The van der Waals surface area contributed by atoms with Gasteiger partial charge in [0.15, 0.2) is 0 Å². The third kappa shape index (κ3) is 3.87. The molecule has 8 rings (SSSR count). The molecule has 41 heavy (non-hydrogen) atoms. The van der Waals surface area contributed by atoms with E-state index >= 15 is 0 Å². The van der Waals surface area contributed by atoms with E-state index in [1.807, 2.05) is 12.1 Å². The number of hydrogen-bond donors (Lipinski definition) is 2. The average Bonchev–Trinajstić information content (AvgIpc) is 3.57. The fraction of sp³-hybridized carbons (Fsp3) is 0.0769. The summed E-state index contributed by atoms with van der Waals surface area (Å²) in [5, 5.41) is 0. The monoisotopic (exact) mass is 526 g/mol. The Kier molecular flexibility index (Phi) is 5.36. The van der Waals surface area contributed by atoms with Crippen molar-refractivity contribution in [3.05, 3.63) is 155 Å². The van der Waals surface area contributed by atoms with E-state index < -0.39 is 0 Å². The van der Waals surface area contributed by atoms with Crippen molar-refractivity contribution >= 4 is 11.4 Å².